The molecule has 3 aromatic carbocycles. The summed E-state index contributed by atoms with van der Waals surface area (Å²) in [4.78, 5) is 14.9. The molecule has 0 aromatic heterocycles. The molecule has 0 saturated carbocycles. The zero-order chi connectivity index (χ0) is 28.2. The number of hydrogen-bond donors (Lipinski definition) is 1. The molecule has 0 spiro atoms. The largest absolute Gasteiger partial charge is 0.492 e. The molecule has 0 radical (unpaired) electrons. The molecule has 6 heteroatoms. The molecular weight excluding hydrogens is 502 g/mol. The summed E-state index contributed by atoms with van der Waals surface area (Å²) < 4.78 is 17.8. The van der Waals surface area contributed by atoms with E-state index in [1.54, 1.807) is 12.1 Å². The van der Waals surface area contributed by atoms with Gasteiger partial charge >= 0.3 is 5.97 Å². The van der Waals surface area contributed by atoms with Gasteiger partial charge in [-0.3, -0.25) is 9.69 Å². The molecule has 2 aliphatic rings. The second kappa shape index (κ2) is 12.0. The number of carbonyl (C=O) groups excluding carboxylic acids is 1. The van der Waals surface area contributed by atoms with Crippen molar-refractivity contribution in [1.29, 1.82) is 0 Å². The number of esters is 1. The van der Waals surface area contributed by atoms with Gasteiger partial charge in [-0.25, -0.2) is 0 Å². The molecule has 1 saturated heterocycles. The first-order valence-electron chi connectivity index (χ1n) is 14.4. The molecule has 40 heavy (non-hydrogen) atoms. The normalized spacial score (nSPS) is 21.2. The second-order valence-electron chi connectivity index (χ2n) is 12.1. The van der Waals surface area contributed by atoms with Crippen molar-refractivity contribution in [2.24, 2.45) is 5.41 Å². The molecular formula is C34H41NO5. The van der Waals surface area contributed by atoms with Gasteiger partial charge in [0, 0.05) is 24.6 Å². The van der Waals surface area contributed by atoms with Crippen LogP contribution in [0.5, 0.6) is 17.2 Å². The van der Waals surface area contributed by atoms with E-state index in [0.29, 0.717) is 36.7 Å². The summed E-state index contributed by atoms with van der Waals surface area (Å²) in [5.74, 6) is 1.19. The average Bonchev–Trinajstić information content (AvgIpc) is 2.95. The maximum absolute atomic E-state index is 12.5. The molecule has 2 aliphatic heterocycles. The SMILES string of the molecule is CC(C)(C)C(=O)Oc1ccc2c(c1)OC[C@H](c1ccccc1)[C@@]2(O)Cc1ccc(OCCN2CCCCC2)cc1. The summed E-state index contributed by atoms with van der Waals surface area (Å²) in [6, 6.07) is 23.3. The van der Waals surface area contributed by atoms with E-state index in [1.807, 2.05) is 81.4 Å². The number of nitrogens with zero attached hydrogens (tertiary/aromatic N) is 1. The van der Waals surface area contributed by atoms with Crippen molar-refractivity contribution in [1.82, 2.24) is 4.90 Å². The molecule has 0 aliphatic carbocycles. The fourth-order valence-electron chi connectivity index (χ4n) is 5.57. The zero-order valence-corrected chi connectivity index (χ0v) is 23.9. The van der Waals surface area contributed by atoms with Gasteiger partial charge in [-0.15, -0.1) is 0 Å². The predicted octanol–water partition coefficient (Wildman–Crippen LogP) is 6.11. The van der Waals surface area contributed by atoms with Crippen molar-refractivity contribution in [3.63, 3.8) is 0 Å². The van der Waals surface area contributed by atoms with E-state index in [9.17, 15) is 9.90 Å². The Morgan fingerprint density at radius 3 is 2.38 bits per heavy atom. The average molecular weight is 544 g/mol. The van der Waals surface area contributed by atoms with Crippen LogP contribution in [0.15, 0.2) is 72.8 Å². The number of piperidine rings is 1. The van der Waals surface area contributed by atoms with Gasteiger partial charge in [0.05, 0.1) is 17.9 Å². The first-order chi connectivity index (χ1) is 19.2. The monoisotopic (exact) mass is 543 g/mol. The topological polar surface area (TPSA) is 68.2 Å². The van der Waals surface area contributed by atoms with Gasteiger partial charge in [-0.1, -0.05) is 48.9 Å². The van der Waals surface area contributed by atoms with Crippen LogP contribution in [-0.2, 0) is 16.8 Å². The number of likely N-dealkylation sites (tertiary alicyclic amines) is 1. The molecule has 0 unspecified atom stereocenters. The maximum Gasteiger partial charge on any atom is 0.316 e. The van der Waals surface area contributed by atoms with Crippen LogP contribution in [0.25, 0.3) is 0 Å². The van der Waals surface area contributed by atoms with Gasteiger partial charge in [0.2, 0.25) is 0 Å². The Morgan fingerprint density at radius 2 is 1.68 bits per heavy atom. The van der Waals surface area contributed by atoms with Gasteiger partial charge in [0.1, 0.15) is 29.5 Å². The molecule has 5 rings (SSSR count). The van der Waals surface area contributed by atoms with Crippen molar-refractivity contribution in [3.05, 3.63) is 89.5 Å². The van der Waals surface area contributed by atoms with Crippen LogP contribution in [-0.4, -0.2) is 48.8 Å². The first-order valence-corrected chi connectivity index (χ1v) is 14.4. The molecule has 2 heterocycles. The van der Waals surface area contributed by atoms with Crippen LogP contribution >= 0.6 is 0 Å². The van der Waals surface area contributed by atoms with Crippen LogP contribution in [0.3, 0.4) is 0 Å². The fraction of sp³-hybridized carbons (Fsp3) is 0.441. The lowest BCUT2D eigenvalue weighted by Crippen LogP contribution is -2.42. The van der Waals surface area contributed by atoms with E-state index in [4.69, 9.17) is 14.2 Å². The van der Waals surface area contributed by atoms with Gasteiger partial charge in [0.15, 0.2) is 0 Å². The Hall–Kier alpha value is -3.35. The molecule has 0 bridgehead atoms. The first kappa shape index (κ1) is 28.2. The predicted molar refractivity (Wildman–Crippen MR) is 156 cm³/mol. The summed E-state index contributed by atoms with van der Waals surface area (Å²) >= 11 is 0. The minimum absolute atomic E-state index is 0.273. The van der Waals surface area contributed by atoms with E-state index in [1.165, 1.54) is 19.3 Å². The quantitative estimate of drug-likeness (QED) is 0.273. The number of fused-ring (bicyclic) bond motifs is 1. The molecule has 212 valence electrons. The third kappa shape index (κ3) is 6.51. The van der Waals surface area contributed by atoms with Crippen LogP contribution in [0.2, 0.25) is 0 Å². The summed E-state index contributed by atoms with van der Waals surface area (Å²) in [6.07, 6.45) is 4.29. The Morgan fingerprint density at radius 1 is 0.975 bits per heavy atom. The molecule has 0 amide bonds. The Labute approximate surface area is 237 Å². The molecule has 6 nitrogen and oxygen atoms in total. The molecule has 1 fully saturated rings. The highest BCUT2D eigenvalue weighted by Gasteiger charge is 2.45. The lowest BCUT2D eigenvalue weighted by atomic mass is 9.72. The third-order valence-electron chi connectivity index (χ3n) is 7.95. The highest BCUT2D eigenvalue weighted by molar-refractivity contribution is 5.78. The summed E-state index contributed by atoms with van der Waals surface area (Å²) in [7, 11) is 0. The van der Waals surface area contributed by atoms with Gasteiger partial charge in [0.25, 0.3) is 0 Å². The fourth-order valence-corrected chi connectivity index (χ4v) is 5.57. The summed E-state index contributed by atoms with van der Waals surface area (Å²) in [5.41, 5.74) is 0.849. The highest BCUT2D eigenvalue weighted by atomic mass is 16.5. The van der Waals surface area contributed by atoms with Gasteiger partial charge in [-0.05, 0) is 82.1 Å². The van der Waals surface area contributed by atoms with Crippen molar-refractivity contribution in [2.45, 2.75) is 58.0 Å². The van der Waals surface area contributed by atoms with E-state index in [2.05, 4.69) is 4.90 Å². The van der Waals surface area contributed by atoms with Crippen LogP contribution in [0.4, 0.5) is 0 Å². The standard InChI is InChI=1S/C34H41NO5/c1-33(2,3)32(36)40-28-16-17-29-31(22-28)39-24-30(26-10-6-4-7-11-26)34(29,37)23-25-12-14-27(15-13-25)38-21-20-35-18-8-5-9-19-35/h4,6-7,10-17,22,30,37H,5,8-9,18-21,23-24H2,1-3H3/t30-,34-/m1/s1. The molecule has 3 aromatic rings. The van der Waals surface area contributed by atoms with Crippen LogP contribution in [0.1, 0.15) is 62.6 Å². The number of carbonyl (C=O) groups is 1. The third-order valence-corrected chi connectivity index (χ3v) is 7.95. The molecule has 1 N–H and O–H groups in total. The highest BCUT2D eigenvalue weighted by Crippen LogP contribution is 2.48. The van der Waals surface area contributed by atoms with E-state index in [0.717, 1.165) is 36.5 Å². The van der Waals surface area contributed by atoms with Gasteiger partial charge < -0.3 is 19.3 Å². The van der Waals surface area contributed by atoms with Gasteiger partial charge in [-0.2, -0.15) is 0 Å². The Kier molecular flexibility index (Phi) is 8.48. The van der Waals surface area contributed by atoms with E-state index >= 15 is 0 Å². The van der Waals surface area contributed by atoms with Crippen LogP contribution in [0, 0.1) is 5.41 Å². The maximum atomic E-state index is 12.5. The number of hydrogen-bond acceptors (Lipinski definition) is 6. The number of ether oxygens (including phenoxy) is 3. The van der Waals surface area contributed by atoms with Crippen molar-refractivity contribution >= 4 is 5.97 Å². The lowest BCUT2D eigenvalue weighted by Gasteiger charge is -2.42. The van der Waals surface area contributed by atoms with E-state index < -0.39 is 11.0 Å². The smallest absolute Gasteiger partial charge is 0.316 e. The summed E-state index contributed by atoms with van der Waals surface area (Å²) in [5, 5.41) is 12.4. The minimum Gasteiger partial charge on any atom is -0.492 e. The van der Waals surface area contributed by atoms with Crippen molar-refractivity contribution in [3.8, 4) is 17.2 Å². The number of aliphatic hydroxyl groups is 1. The minimum atomic E-state index is -1.22. The van der Waals surface area contributed by atoms with Crippen LogP contribution < -0.4 is 14.2 Å². The van der Waals surface area contributed by atoms with E-state index in [-0.39, 0.29) is 11.9 Å². The number of benzene rings is 3. The Bertz CT molecular complexity index is 1280. The molecule has 2 atom stereocenters. The zero-order valence-electron chi connectivity index (χ0n) is 23.9. The van der Waals surface area contributed by atoms with Crippen molar-refractivity contribution < 1.29 is 24.1 Å². The van der Waals surface area contributed by atoms with Crippen molar-refractivity contribution in [2.75, 3.05) is 32.8 Å². The lowest BCUT2D eigenvalue weighted by molar-refractivity contribution is -0.143. The second-order valence-corrected chi connectivity index (χ2v) is 12.1. The number of rotatable bonds is 8. The summed E-state index contributed by atoms with van der Waals surface area (Å²) in [6.45, 7) is 9.71. The Balaban J connectivity index is 1.35.